The number of rotatable bonds is 2. The summed E-state index contributed by atoms with van der Waals surface area (Å²) in [5.41, 5.74) is 5.00. The molecule has 0 saturated carbocycles. The van der Waals surface area contributed by atoms with Crippen LogP contribution in [0.3, 0.4) is 0 Å². The van der Waals surface area contributed by atoms with Gasteiger partial charge in [-0.15, -0.1) is 0 Å². The fourth-order valence-corrected chi connectivity index (χ4v) is 2.83. The minimum atomic E-state index is 0.246. The van der Waals surface area contributed by atoms with E-state index in [9.17, 15) is 0 Å². The molecule has 1 aliphatic rings. The molecule has 0 bridgehead atoms. The molecule has 0 unspecified atom stereocenters. The lowest BCUT2D eigenvalue weighted by molar-refractivity contribution is 0.755. The van der Waals surface area contributed by atoms with Gasteiger partial charge in [0.15, 0.2) is 0 Å². The molecule has 96 valence electrons. The molecule has 2 aromatic carbocycles. The Bertz CT molecular complexity index is 618. The Kier molecular flexibility index (Phi) is 2.79. The van der Waals surface area contributed by atoms with Gasteiger partial charge in [-0.25, -0.2) is 0 Å². The van der Waals surface area contributed by atoms with E-state index in [1.807, 2.05) is 6.20 Å². The van der Waals surface area contributed by atoms with Gasteiger partial charge in [-0.2, -0.15) is 0 Å². The summed E-state index contributed by atoms with van der Waals surface area (Å²) in [5.74, 6) is 0. The second-order valence-corrected chi connectivity index (χ2v) is 4.87. The molecule has 2 nitrogen and oxygen atoms in total. The number of hydrogen-bond acceptors (Lipinski definition) is 2. The number of nitrogens with zero attached hydrogens (tertiary/aromatic N) is 2. The summed E-state index contributed by atoms with van der Waals surface area (Å²) in [6, 6.07) is 17.0. The molecule has 19 heavy (non-hydrogen) atoms. The van der Waals surface area contributed by atoms with Crippen LogP contribution in [0.2, 0.25) is 0 Å². The van der Waals surface area contributed by atoms with Crippen molar-refractivity contribution in [1.29, 1.82) is 0 Å². The molecule has 0 saturated heterocycles. The van der Waals surface area contributed by atoms with Gasteiger partial charge < -0.3 is 9.80 Å². The number of benzene rings is 2. The molecule has 2 heteroatoms. The lowest BCUT2D eigenvalue weighted by atomic mass is 10.1. The minimum absolute atomic E-state index is 0.246. The Hall–Kier alpha value is -2.22. The molecule has 3 rings (SSSR count). The Labute approximate surface area is 114 Å². The van der Waals surface area contributed by atoms with Crippen LogP contribution in [-0.4, -0.2) is 6.17 Å². The molecule has 2 aromatic rings. The normalized spacial score (nSPS) is 17.5. The van der Waals surface area contributed by atoms with Crippen LogP contribution < -0.4 is 9.80 Å². The molecule has 0 aliphatic carbocycles. The van der Waals surface area contributed by atoms with Gasteiger partial charge >= 0.3 is 0 Å². The van der Waals surface area contributed by atoms with Gasteiger partial charge in [-0.1, -0.05) is 36.9 Å². The van der Waals surface area contributed by atoms with Crippen molar-refractivity contribution in [1.82, 2.24) is 0 Å². The van der Waals surface area contributed by atoms with Crippen molar-refractivity contribution < 1.29 is 0 Å². The maximum atomic E-state index is 3.94. The molecular weight excluding hydrogens is 232 g/mol. The summed E-state index contributed by atoms with van der Waals surface area (Å²) in [7, 11) is 0. The van der Waals surface area contributed by atoms with Crippen LogP contribution in [0.4, 0.5) is 17.1 Å². The summed E-state index contributed by atoms with van der Waals surface area (Å²) < 4.78 is 0. The molecule has 0 fully saturated rings. The van der Waals surface area contributed by atoms with Crippen molar-refractivity contribution in [3.63, 3.8) is 0 Å². The summed E-state index contributed by atoms with van der Waals surface area (Å²) in [6.07, 6.45) is 2.15. The van der Waals surface area contributed by atoms with Crippen LogP contribution in [0.15, 0.2) is 61.3 Å². The molecule has 0 aromatic heterocycles. The van der Waals surface area contributed by atoms with Gasteiger partial charge in [0.2, 0.25) is 0 Å². The topological polar surface area (TPSA) is 6.48 Å². The van der Waals surface area contributed by atoms with Gasteiger partial charge in [-0.05, 0) is 43.8 Å². The van der Waals surface area contributed by atoms with Gasteiger partial charge in [0.1, 0.15) is 6.17 Å². The first kappa shape index (κ1) is 11.8. The standard InChI is InChI=1S/C17H18N2/c1-4-18-14(3)19(15-10-6-5-9-13(15)2)17-12-8-7-11-16(17)18/h4-12,14H,1H2,2-3H3/t14-/m0/s1. The SMILES string of the molecule is C=CN1c2ccccc2N(c2ccccc2C)[C@H]1C. The maximum Gasteiger partial charge on any atom is 0.108 e. The van der Waals surface area contributed by atoms with Crippen molar-refractivity contribution >= 4 is 17.1 Å². The van der Waals surface area contributed by atoms with E-state index in [1.165, 1.54) is 22.6 Å². The Balaban J connectivity index is 2.18. The van der Waals surface area contributed by atoms with Crippen LogP contribution in [0.25, 0.3) is 0 Å². The average molecular weight is 250 g/mol. The highest BCUT2D eigenvalue weighted by Gasteiger charge is 2.32. The number of hydrogen-bond donors (Lipinski definition) is 0. The zero-order valence-electron chi connectivity index (χ0n) is 11.4. The smallest absolute Gasteiger partial charge is 0.108 e. The first-order valence-corrected chi connectivity index (χ1v) is 6.59. The Morgan fingerprint density at radius 3 is 2.16 bits per heavy atom. The molecule has 0 spiro atoms. The van der Waals surface area contributed by atoms with Crippen LogP contribution in [0.5, 0.6) is 0 Å². The zero-order valence-corrected chi connectivity index (χ0v) is 11.4. The lowest BCUT2D eigenvalue weighted by Gasteiger charge is -2.29. The quantitative estimate of drug-likeness (QED) is 0.777. The highest BCUT2D eigenvalue weighted by molar-refractivity contribution is 5.85. The van der Waals surface area contributed by atoms with E-state index in [1.54, 1.807) is 0 Å². The largest absolute Gasteiger partial charge is 0.326 e. The van der Waals surface area contributed by atoms with E-state index in [4.69, 9.17) is 0 Å². The van der Waals surface area contributed by atoms with Gasteiger partial charge in [0.25, 0.3) is 0 Å². The first-order valence-electron chi connectivity index (χ1n) is 6.59. The van der Waals surface area contributed by atoms with Crippen LogP contribution >= 0.6 is 0 Å². The van der Waals surface area contributed by atoms with E-state index in [2.05, 4.69) is 78.8 Å². The fraction of sp³-hybridized carbons (Fsp3) is 0.176. The number of fused-ring (bicyclic) bond motifs is 1. The lowest BCUT2D eigenvalue weighted by Crippen LogP contribution is -2.35. The number of para-hydroxylation sites is 3. The number of aryl methyl sites for hydroxylation is 1. The molecule has 1 atom stereocenters. The third-order valence-corrected chi connectivity index (χ3v) is 3.77. The van der Waals surface area contributed by atoms with Crippen LogP contribution in [0.1, 0.15) is 12.5 Å². The van der Waals surface area contributed by atoms with E-state index < -0.39 is 0 Å². The van der Waals surface area contributed by atoms with Gasteiger partial charge in [-0.3, -0.25) is 0 Å². The van der Waals surface area contributed by atoms with E-state index in [0.29, 0.717) is 0 Å². The van der Waals surface area contributed by atoms with E-state index in [-0.39, 0.29) is 6.17 Å². The van der Waals surface area contributed by atoms with Crippen molar-refractivity contribution in [3.05, 3.63) is 66.9 Å². The second kappa shape index (κ2) is 4.47. The molecule has 0 N–H and O–H groups in total. The summed E-state index contributed by atoms with van der Waals surface area (Å²) >= 11 is 0. The van der Waals surface area contributed by atoms with Crippen molar-refractivity contribution in [2.45, 2.75) is 20.0 Å². The molecule has 0 radical (unpaired) electrons. The summed E-state index contributed by atoms with van der Waals surface area (Å²) in [5, 5.41) is 0. The molecular formula is C17H18N2. The predicted octanol–water partition coefficient (Wildman–Crippen LogP) is 4.44. The predicted molar refractivity (Wildman–Crippen MR) is 81.9 cm³/mol. The molecule has 0 amide bonds. The van der Waals surface area contributed by atoms with E-state index in [0.717, 1.165) is 0 Å². The third-order valence-electron chi connectivity index (χ3n) is 3.77. The zero-order chi connectivity index (χ0) is 13.4. The summed E-state index contributed by atoms with van der Waals surface area (Å²) in [6.45, 7) is 8.30. The minimum Gasteiger partial charge on any atom is -0.326 e. The third kappa shape index (κ3) is 1.72. The van der Waals surface area contributed by atoms with Gasteiger partial charge in [0.05, 0.1) is 11.4 Å². The molecule has 1 heterocycles. The van der Waals surface area contributed by atoms with Gasteiger partial charge in [0, 0.05) is 5.69 Å². The molecule has 1 aliphatic heterocycles. The van der Waals surface area contributed by atoms with Crippen molar-refractivity contribution in [3.8, 4) is 0 Å². The fourth-order valence-electron chi connectivity index (χ4n) is 2.83. The second-order valence-electron chi connectivity index (χ2n) is 4.87. The Morgan fingerprint density at radius 2 is 1.53 bits per heavy atom. The highest BCUT2D eigenvalue weighted by Crippen LogP contribution is 2.44. The Morgan fingerprint density at radius 1 is 0.947 bits per heavy atom. The van der Waals surface area contributed by atoms with E-state index >= 15 is 0 Å². The van der Waals surface area contributed by atoms with Crippen molar-refractivity contribution in [2.24, 2.45) is 0 Å². The number of anilines is 3. The highest BCUT2D eigenvalue weighted by atomic mass is 15.4. The van der Waals surface area contributed by atoms with Crippen LogP contribution in [0, 0.1) is 6.92 Å². The van der Waals surface area contributed by atoms with Crippen molar-refractivity contribution in [2.75, 3.05) is 9.80 Å². The summed E-state index contributed by atoms with van der Waals surface area (Å²) in [4.78, 5) is 4.58. The maximum absolute atomic E-state index is 3.94. The van der Waals surface area contributed by atoms with Crippen LogP contribution in [-0.2, 0) is 0 Å². The first-order chi connectivity index (χ1) is 9.24. The average Bonchev–Trinajstić information content (AvgIpc) is 2.71. The monoisotopic (exact) mass is 250 g/mol.